The molecule has 0 radical (unpaired) electrons. The van der Waals surface area contributed by atoms with Crippen LogP contribution in [0, 0.1) is 5.92 Å². The van der Waals surface area contributed by atoms with Crippen LogP contribution >= 0.6 is 0 Å². The predicted octanol–water partition coefficient (Wildman–Crippen LogP) is 2.06. The van der Waals surface area contributed by atoms with Crippen molar-refractivity contribution in [2.75, 3.05) is 40.4 Å². The zero-order chi connectivity index (χ0) is 18.8. The van der Waals surface area contributed by atoms with Crippen LogP contribution in [0.5, 0.6) is 11.5 Å². The molecular formula is C20H28N2O4. The van der Waals surface area contributed by atoms with Crippen molar-refractivity contribution in [2.24, 2.45) is 5.92 Å². The molecule has 142 valence electrons. The average molecular weight is 360 g/mol. The van der Waals surface area contributed by atoms with Crippen molar-refractivity contribution >= 4 is 11.7 Å². The number of nitrogens with zero attached hydrogens (tertiary/aromatic N) is 2. The van der Waals surface area contributed by atoms with Crippen LogP contribution in [0.3, 0.4) is 0 Å². The summed E-state index contributed by atoms with van der Waals surface area (Å²) in [6.45, 7) is 6.54. The van der Waals surface area contributed by atoms with Crippen LogP contribution in [0.15, 0.2) is 12.1 Å². The van der Waals surface area contributed by atoms with Crippen molar-refractivity contribution in [3.8, 4) is 11.5 Å². The number of fused-ring (bicyclic) bond motifs is 3. The van der Waals surface area contributed by atoms with Crippen LogP contribution in [0.4, 0.5) is 0 Å². The smallest absolute Gasteiger partial charge is 0.234 e. The number of benzene rings is 1. The van der Waals surface area contributed by atoms with Crippen LogP contribution in [0.25, 0.3) is 0 Å². The van der Waals surface area contributed by atoms with Gasteiger partial charge in [0.1, 0.15) is 11.7 Å². The standard InChI is InChI=1S/C20H28N2O4/c1-5-21(6-2)20(24)15-12-22-8-7-13-9-18(25-3)19(26-4)10-14(13)16(22)11-17(15)23/h9-10,15-16H,5-8,11-12H2,1-4H3. The number of methoxy groups -OCH3 is 2. The first-order valence-electron chi connectivity index (χ1n) is 9.34. The van der Waals surface area contributed by atoms with Gasteiger partial charge in [-0.05, 0) is 43.5 Å². The number of piperidine rings is 1. The number of Topliss-reactive ketones (excluding diaryl/α,β-unsaturated/α-hetero) is 1. The van der Waals surface area contributed by atoms with E-state index in [0.717, 1.165) is 24.3 Å². The van der Waals surface area contributed by atoms with E-state index in [9.17, 15) is 9.59 Å². The van der Waals surface area contributed by atoms with E-state index >= 15 is 0 Å². The van der Waals surface area contributed by atoms with Gasteiger partial charge >= 0.3 is 0 Å². The van der Waals surface area contributed by atoms with E-state index in [1.165, 1.54) is 5.56 Å². The van der Waals surface area contributed by atoms with Crippen molar-refractivity contribution in [3.05, 3.63) is 23.3 Å². The Kier molecular flexibility index (Phi) is 5.51. The lowest BCUT2D eigenvalue weighted by Gasteiger charge is -2.43. The molecule has 0 saturated carbocycles. The molecule has 6 heteroatoms. The third-order valence-corrected chi connectivity index (χ3v) is 5.69. The Bertz CT molecular complexity index is 699. The van der Waals surface area contributed by atoms with E-state index in [0.29, 0.717) is 31.8 Å². The highest BCUT2D eigenvalue weighted by Gasteiger charge is 2.42. The first-order valence-corrected chi connectivity index (χ1v) is 9.34. The summed E-state index contributed by atoms with van der Waals surface area (Å²) in [4.78, 5) is 29.5. The Balaban J connectivity index is 1.87. The van der Waals surface area contributed by atoms with Gasteiger partial charge in [-0.1, -0.05) is 0 Å². The lowest BCUT2D eigenvalue weighted by molar-refractivity contribution is -0.145. The molecule has 0 N–H and O–H groups in total. The highest BCUT2D eigenvalue weighted by molar-refractivity contribution is 6.02. The molecule has 1 aromatic carbocycles. The molecule has 2 aliphatic heterocycles. The zero-order valence-corrected chi connectivity index (χ0v) is 16.1. The fraction of sp³-hybridized carbons (Fsp3) is 0.600. The highest BCUT2D eigenvalue weighted by atomic mass is 16.5. The Morgan fingerprint density at radius 2 is 1.85 bits per heavy atom. The first-order chi connectivity index (χ1) is 12.5. The molecule has 2 atom stereocenters. The van der Waals surface area contributed by atoms with Crippen LogP contribution < -0.4 is 9.47 Å². The van der Waals surface area contributed by atoms with E-state index in [4.69, 9.17) is 9.47 Å². The van der Waals surface area contributed by atoms with Crippen LogP contribution in [0.1, 0.15) is 37.4 Å². The van der Waals surface area contributed by atoms with Gasteiger partial charge in [-0.2, -0.15) is 0 Å². The predicted molar refractivity (Wildman–Crippen MR) is 98.6 cm³/mol. The number of rotatable bonds is 5. The summed E-state index contributed by atoms with van der Waals surface area (Å²) in [6, 6.07) is 4.03. The summed E-state index contributed by atoms with van der Waals surface area (Å²) in [5, 5.41) is 0. The number of hydrogen-bond acceptors (Lipinski definition) is 5. The fourth-order valence-corrected chi connectivity index (χ4v) is 4.18. The number of ketones is 1. The zero-order valence-electron chi connectivity index (χ0n) is 16.1. The quantitative estimate of drug-likeness (QED) is 0.753. The number of carbonyl (C=O) groups excluding carboxylic acids is 2. The lowest BCUT2D eigenvalue weighted by atomic mass is 9.82. The maximum Gasteiger partial charge on any atom is 0.234 e. The van der Waals surface area contributed by atoms with Crippen molar-refractivity contribution in [2.45, 2.75) is 32.7 Å². The second kappa shape index (κ2) is 7.66. The van der Waals surface area contributed by atoms with Gasteiger partial charge in [0.05, 0.1) is 14.2 Å². The highest BCUT2D eigenvalue weighted by Crippen LogP contribution is 2.42. The molecule has 2 aliphatic rings. The second-order valence-corrected chi connectivity index (χ2v) is 6.90. The van der Waals surface area contributed by atoms with Gasteiger partial charge in [0.25, 0.3) is 0 Å². The summed E-state index contributed by atoms with van der Waals surface area (Å²) in [5.41, 5.74) is 2.32. The molecule has 3 rings (SSSR count). The maximum atomic E-state index is 12.8. The second-order valence-electron chi connectivity index (χ2n) is 6.90. The third-order valence-electron chi connectivity index (χ3n) is 5.69. The van der Waals surface area contributed by atoms with E-state index in [2.05, 4.69) is 4.90 Å². The molecule has 1 fully saturated rings. The summed E-state index contributed by atoms with van der Waals surface area (Å²) >= 11 is 0. The third kappa shape index (κ3) is 3.18. The summed E-state index contributed by atoms with van der Waals surface area (Å²) in [6.07, 6.45) is 1.26. The van der Waals surface area contributed by atoms with Gasteiger partial charge in [-0.3, -0.25) is 14.5 Å². The summed E-state index contributed by atoms with van der Waals surface area (Å²) in [5.74, 6) is 0.883. The molecule has 0 bridgehead atoms. The van der Waals surface area contributed by atoms with Crippen molar-refractivity contribution in [3.63, 3.8) is 0 Å². The molecule has 1 amide bonds. The van der Waals surface area contributed by atoms with Crippen molar-refractivity contribution in [1.29, 1.82) is 0 Å². The van der Waals surface area contributed by atoms with Crippen molar-refractivity contribution in [1.82, 2.24) is 9.80 Å². The van der Waals surface area contributed by atoms with Gasteiger partial charge in [0.2, 0.25) is 5.91 Å². The summed E-state index contributed by atoms with van der Waals surface area (Å²) < 4.78 is 10.8. The first kappa shape index (κ1) is 18.7. The minimum Gasteiger partial charge on any atom is -0.493 e. The molecule has 2 heterocycles. The van der Waals surface area contributed by atoms with E-state index in [-0.39, 0.29) is 17.7 Å². The van der Waals surface area contributed by atoms with Gasteiger partial charge in [0, 0.05) is 38.6 Å². The Morgan fingerprint density at radius 1 is 1.19 bits per heavy atom. The molecular weight excluding hydrogens is 332 g/mol. The SMILES string of the molecule is CCN(CC)C(=O)C1CN2CCc3cc(OC)c(OC)cc3C2CC1=O. The fourth-order valence-electron chi connectivity index (χ4n) is 4.18. The molecule has 0 spiro atoms. The molecule has 2 unspecified atom stereocenters. The molecule has 26 heavy (non-hydrogen) atoms. The Morgan fingerprint density at radius 3 is 2.46 bits per heavy atom. The Hall–Kier alpha value is -2.08. The van der Waals surface area contributed by atoms with Gasteiger partial charge in [0.15, 0.2) is 11.5 Å². The van der Waals surface area contributed by atoms with E-state index in [1.807, 2.05) is 26.0 Å². The monoisotopic (exact) mass is 360 g/mol. The molecule has 6 nitrogen and oxygen atoms in total. The van der Waals surface area contributed by atoms with Gasteiger partial charge in [-0.15, -0.1) is 0 Å². The van der Waals surface area contributed by atoms with Gasteiger partial charge in [-0.25, -0.2) is 0 Å². The van der Waals surface area contributed by atoms with Crippen LogP contribution in [0.2, 0.25) is 0 Å². The molecule has 1 saturated heterocycles. The lowest BCUT2D eigenvalue weighted by Crippen LogP contribution is -2.51. The van der Waals surface area contributed by atoms with Gasteiger partial charge < -0.3 is 14.4 Å². The number of amides is 1. The summed E-state index contributed by atoms with van der Waals surface area (Å²) in [7, 11) is 3.25. The van der Waals surface area contributed by atoms with Crippen molar-refractivity contribution < 1.29 is 19.1 Å². The minimum atomic E-state index is -0.534. The number of hydrogen-bond donors (Lipinski definition) is 0. The molecule has 1 aromatic rings. The largest absolute Gasteiger partial charge is 0.493 e. The van der Waals surface area contributed by atoms with Crippen LogP contribution in [-0.4, -0.2) is 61.9 Å². The number of ether oxygens (including phenoxy) is 2. The maximum absolute atomic E-state index is 12.8. The molecule has 0 aliphatic carbocycles. The van der Waals surface area contributed by atoms with E-state index < -0.39 is 5.92 Å². The molecule has 0 aromatic heterocycles. The minimum absolute atomic E-state index is 0.0202. The van der Waals surface area contributed by atoms with Crippen LogP contribution in [-0.2, 0) is 16.0 Å². The Labute approximate surface area is 155 Å². The topological polar surface area (TPSA) is 59.1 Å². The van der Waals surface area contributed by atoms with E-state index in [1.54, 1.807) is 19.1 Å². The normalized spacial score (nSPS) is 22.4. The average Bonchev–Trinajstić information content (AvgIpc) is 2.67. The number of carbonyl (C=O) groups is 2.